The molecule has 0 unspecified atom stereocenters. The molecular weight excluding hydrogens is 212 g/mol. The van der Waals surface area contributed by atoms with Gasteiger partial charge in [-0.3, -0.25) is 4.79 Å². The standard InChI is InChI=1S/C15H16O2/c1-3-11(2)15(16)17-14-10-6-8-12-7-4-5-9-13(12)14/h4-11H,3H2,1-2H3/t11-/m0/s1. The Kier molecular flexibility index (Phi) is 3.43. The third-order valence-electron chi connectivity index (χ3n) is 2.97. The zero-order valence-electron chi connectivity index (χ0n) is 10.1. The van der Waals surface area contributed by atoms with Crippen molar-refractivity contribution in [1.82, 2.24) is 0 Å². The fourth-order valence-corrected chi connectivity index (χ4v) is 1.66. The average Bonchev–Trinajstić information content (AvgIpc) is 2.38. The molecule has 0 spiro atoms. The fraction of sp³-hybridized carbons (Fsp3) is 0.267. The van der Waals surface area contributed by atoms with Gasteiger partial charge in [-0.15, -0.1) is 0 Å². The molecular formula is C15H16O2. The van der Waals surface area contributed by atoms with Crippen LogP contribution in [0.15, 0.2) is 42.5 Å². The predicted octanol–water partition coefficient (Wildman–Crippen LogP) is 3.79. The number of ether oxygens (including phenoxy) is 1. The Balaban J connectivity index is 2.33. The Morgan fingerprint density at radius 2 is 1.88 bits per heavy atom. The molecule has 0 aliphatic heterocycles. The SMILES string of the molecule is CC[C@H](C)C(=O)Oc1cccc2ccccc12. The number of carbonyl (C=O) groups excluding carboxylic acids is 1. The molecule has 2 heteroatoms. The molecule has 1 atom stereocenters. The first kappa shape index (κ1) is 11.6. The van der Waals surface area contributed by atoms with Crippen molar-refractivity contribution in [3.05, 3.63) is 42.5 Å². The number of carbonyl (C=O) groups is 1. The van der Waals surface area contributed by atoms with Crippen LogP contribution in [-0.4, -0.2) is 5.97 Å². The van der Waals surface area contributed by atoms with Crippen molar-refractivity contribution >= 4 is 16.7 Å². The van der Waals surface area contributed by atoms with Crippen molar-refractivity contribution in [2.24, 2.45) is 5.92 Å². The van der Waals surface area contributed by atoms with Gasteiger partial charge in [0.2, 0.25) is 0 Å². The van der Waals surface area contributed by atoms with Gasteiger partial charge >= 0.3 is 5.97 Å². The van der Waals surface area contributed by atoms with E-state index in [-0.39, 0.29) is 11.9 Å². The summed E-state index contributed by atoms with van der Waals surface area (Å²) in [5.74, 6) is 0.422. The quantitative estimate of drug-likeness (QED) is 0.590. The Bertz CT molecular complexity index is 526. The maximum atomic E-state index is 11.8. The van der Waals surface area contributed by atoms with Gasteiger partial charge in [-0.1, -0.05) is 50.2 Å². The molecule has 0 heterocycles. The third kappa shape index (κ3) is 2.47. The summed E-state index contributed by atoms with van der Waals surface area (Å²) in [6.07, 6.45) is 0.795. The lowest BCUT2D eigenvalue weighted by Crippen LogP contribution is -2.17. The third-order valence-corrected chi connectivity index (χ3v) is 2.97. The summed E-state index contributed by atoms with van der Waals surface area (Å²) >= 11 is 0. The maximum Gasteiger partial charge on any atom is 0.314 e. The summed E-state index contributed by atoms with van der Waals surface area (Å²) in [6, 6.07) is 13.6. The second-order valence-electron chi connectivity index (χ2n) is 4.21. The molecule has 0 aliphatic carbocycles. The molecule has 0 amide bonds. The van der Waals surface area contributed by atoms with Gasteiger partial charge in [0.1, 0.15) is 5.75 Å². The molecule has 2 rings (SSSR count). The second kappa shape index (κ2) is 5.00. The van der Waals surface area contributed by atoms with E-state index in [0.29, 0.717) is 5.75 Å². The van der Waals surface area contributed by atoms with Gasteiger partial charge in [-0.05, 0) is 17.9 Å². The zero-order valence-corrected chi connectivity index (χ0v) is 10.1. The van der Waals surface area contributed by atoms with Crippen molar-refractivity contribution < 1.29 is 9.53 Å². The van der Waals surface area contributed by atoms with Crippen molar-refractivity contribution in [1.29, 1.82) is 0 Å². The normalized spacial score (nSPS) is 12.4. The maximum absolute atomic E-state index is 11.8. The Morgan fingerprint density at radius 3 is 2.65 bits per heavy atom. The molecule has 0 N–H and O–H groups in total. The first-order chi connectivity index (χ1) is 8.22. The number of fused-ring (bicyclic) bond motifs is 1. The van der Waals surface area contributed by atoms with Crippen molar-refractivity contribution in [2.75, 3.05) is 0 Å². The minimum absolute atomic E-state index is 0.0611. The summed E-state index contributed by atoms with van der Waals surface area (Å²) in [4.78, 5) is 11.8. The molecule has 0 saturated heterocycles. The molecule has 2 nitrogen and oxygen atoms in total. The average molecular weight is 228 g/mol. The highest BCUT2D eigenvalue weighted by Gasteiger charge is 2.14. The molecule has 0 saturated carbocycles. The lowest BCUT2D eigenvalue weighted by molar-refractivity contribution is -0.138. The smallest absolute Gasteiger partial charge is 0.314 e. The highest BCUT2D eigenvalue weighted by atomic mass is 16.5. The lowest BCUT2D eigenvalue weighted by Gasteiger charge is -2.10. The van der Waals surface area contributed by atoms with E-state index in [1.807, 2.05) is 56.3 Å². The van der Waals surface area contributed by atoms with E-state index in [4.69, 9.17) is 4.74 Å². The minimum atomic E-state index is -0.163. The molecule has 0 fully saturated rings. The molecule has 2 aromatic carbocycles. The first-order valence-corrected chi connectivity index (χ1v) is 5.92. The fourth-order valence-electron chi connectivity index (χ4n) is 1.66. The van der Waals surface area contributed by atoms with Crippen LogP contribution in [0.5, 0.6) is 5.75 Å². The van der Waals surface area contributed by atoms with Crippen LogP contribution >= 0.6 is 0 Å². The Morgan fingerprint density at radius 1 is 1.18 bits per heavy atom. The highest BCUT2D eigenvalue weighted by molar-refractivity contribution is 5.90. The van der Waals surface area contributed by atoms with Crippen LogP contribution < -0.4 is 4.74 Å². The number of esters is 1. The van der Waals surface area contributed by atoms with Gasteiger partial charge < -0.3 is 4.74 Å². The van der Waals surface area contributed by atoms with Gasteiger partial charge in [-0.2, -0.15) is 0 Å². The predicted molar refractivity (Wildman–Crippen MR) is 69.0 cm³/mol. The van der Waals surface area contributed by atoms with Gasteiger partial charge in [0.25, 0.3) is 0 Å². The molecule has 2 aromatic rings. The lowest BCUT2D eigenvalue weighted by atomic mass is 10.1. The molecule has 0 aromatic heterocycles. The molecule has 88 valence electrons. The van der Waals surface area contributed by atoms with Crippen LogP contribution in [-0.2, 0) is 4.79 Å². The number of benzene rings is 2. The second-order valence-corrected chi connectivity index (χ2v) is 4.21. The van der Waals surface area contributed by atoms with Gasteiger partial charge in [0.05, 0.1) is 5.92 Å². The molecule has 17 heavy (non-hydrogen) atoms. The van der Waals surface area contributed by atoms with E-state index in [2.05, 4.69) is 0 Å². The summed E-state index contributed by atoms with van der Waals surface area (Å²) in [6.45, 7) is 3.86. The summed E-state index contributed by atoms with van der Waals surface area (Å²) in [5, 5.41) is 2.06. The van der Waals surface area contributed by atoms with Crippen LogP contribution in [0, 0.1) is 5.92 Å². The monoisotopic (exact) mass is 228 g/mol. The van der Waals surface area contributed by atoms with E-state index in [0.717, 1.165) is 17.2 Å². The minimum Gasteiger partial charge on any atom is -0.426 e. The van der Waals surface area contributed by atoms with Crippen molar-refractivity contribution in [3.63, 3.8) is 0 Å². The van der Waals surface area contributed by atoms with Crippen molar-refractivity contribution in [3.8, 4) is 5.75 Å². The largest absolute Gasteiger partial charge is 0.426 e. The van der Waals surface area contributed by atoms with E-state index >= 15 is 0 Å². The molecule has 0 aliphatic rings. The first-order valence-electron chi connectivity index (χ1n) is 5.92. The van der Waals surface area contributed by atoms with E-state index in [1.54, 1.807) is 0 Å². The van der Waals surface area contributed by atoms with E-state index < -0.39 is 0 Å². The zero-order chi connectivity index (χ0) is 12.3. The highest BCUT2D eigenvalue weighted by Crippen LogP contribution is 2.25. The van der Waals surface area contributed by atoms with Crippen molar-refractivity contribution in [2.45, 2.75) is 20.3 Å². The van der Waals surface area contributed by atoms with Crippen LogP contribution in [0.25, 0.3) is 10.8 Å². The van der Waals surface area contributed by atoms with E-state index in [9.17, 15) is 4.79 Å². The summed E-state index contributed by atoms with van der Waals surface area (Å²) in [5.41, 5.74) is 0. The van der Waals surface area contributed by atoms with Crippen LogP contribution in [0.4, 0.5) is 0 Å². The summed E-state index contributed by atoms with van der Waals surface area (Å²) < 4.78 is 5.44. The number of hydrogen-bond acceptors (Lipinski definition) is 2. The van der Waals surface area contributed by atoms with E-state index in [1.165, 1.54) is 0 Å². The number of rotatable bonds is 3. The topological polar surface area (TPSA) is 26.3 Å². The Hall–Kier alpha value is -1.83. The van der Waals surface area contributed by atoms with Gasteiger partial charge in [-0.25, -0.2) is 0 Å². The van der Waals surface area contributed by atoms with Crippen LogP contribution in [0.2, 0.25) is 0 Å². The Labute approximate surface area is 101 Å². The van der Waals surface area contributed by atoms with Crippen LogP contribution in [0.1, 0.15) is 20.3 Å². The van der Waals surface area contributed by atoms with Crippen LogP contribution in [0.3, 0.4) is 0 Å². The molecule has 0 bridgehead atoms. The van der Waals surface area contributed by atoms with Gasteiger partial charge in [0, 0.05) is 5.39 Å². The summed E-state index contributed by atoms with van der Waals surface area (Å²) in [7, 11) is 0. The van der Waals surface area contributed by atoms with Gasteiger partial charge in [0.15, 0.2) is 0 Å². The number of hydrogen-bond donors (Lipinski definition) is 0. The molecule has 0 radical (unpaired) electrons.